The maximum absolute atomic E-state index is 6.17. The van der Waals surface area contributed by atoms with Crippen molar-refractivity contribution in [1.82, 2.24) is 0 Å². The summed E-state index contributed by atoms with van der Waals surface area (Å²) in [5.41, 5.74) is 2.68. The molecule has 0 saturated carbocycles. The molecule has 1 atom stereocenters. The highest BCUT2D eigenvalue weighted by atomic mass is 35.5. The molecule has 1 heteroatoms. The molecule has 94 valence electrons. The molecule has 0 bridgehead atoms. The van der Waals surface area contributed by atoms with Gasteiger partial charge in [0, 0.05) is 5.02 Å². The molecule has 0 aliphatic carbocycles. The first-order valence-corrected chi connectivity index (χ1v) is 6.91. The van der Waals surface area contributed by atoms with Crippen LogP contribution in [0.4, 0.5) is 0 Å². The van der Waals surface area contributed by atoms with E-state index in [1.54, 1.807) is 0 Å². The van der Waals surface area contributed by atoms with Gasteiger partial charge < -0.3 is 0 Å². The fraction of sp³-hybridized carbons (Fsp3) is 0.294. The van der Waals surface area contributed by atoms with Gasteiger partial charge in [0.2, 0.25) is 0 Å². The Bertz CT molecular complexity index is 476. The van der Waals surface area contributed by atoms with Crippen molar-refractivity contribution in [2.45, 2.75) is 26.2 Å². The van der Waals surface area contributed by atoms with Crippen LogP contribution in [0, 0.1) is 5.92 Å². The van der Waals surface area contributed by atoms with Gasteiger partial charge in [-0.25, -0.2) is 0 Å². The number of rotatable bonds is 5. The fourth-order valence-corrected chi connectivity index (χ4v) is 2.45. The van der Waals surface area contributed by atoms with Crippen LogP contribution in [0.2, 0.25) is 5.02 Å². The summed E-state index contributed by atoms with van der Waals surface area (Å²) >= 11 is 6.17. The Labute approximate surface area is 115 Å². The smallest absolute Gasteiger partial charge is 0.0437 e. The van der Waals surface area contributed by atoms with Gasteiger partial charge in [-0.15, -0.1) is 0 Å². The number of hydrogen-bond acceptors (Lipinski definition) is 0. The fourth-order valence-electron chi connectivity index (χ4n) is 2.22. The standard InChI is InChI=1S/C17H19Cl/c1-14(13-15-7-3-2-4-8-15)11-12-16-9-5-6-10-17(16)18/h2-10,14H,11-13H2,1H3. The quantitative estimate of drug-likeness (QED) is 0.696. The highest BCUT2D eigenvalue weighted by molar-refractivity contribution is 6.31. The van der Waals surface area contributed by atoms with Crippen molar-refractivity contribution in [2.75, 3.05) is 0 Å². The minimum atomic E-state index is 0.684. The maximum atomic E-state index is 6.17. The molecule has 0 radical (unpaired) electrons. The van der Waals surface area contributed by atoms with E-state index in [0.717, 1.165) is 17.9 Å². The van der Waals surface area contributed by atoms with Gasteiger partial charge in [-0.1, -0.05) is 67.1 Å². The molecule has 0 saturated heterocycles. The van der Waals surface area contributed by atoms with Crippen molar-refractivity contribution in [3.05, 3.63) is 70.7 Å². The lowest BCUT2D eigenvalue weighted by atomic mass is 9.94. The second-order valence-electron chi connectivity index (χ2n) is 4.92. The lowest BCUT2D eigenvalue weighted by Gasteiger charge is -2.12. The molecule has 2 aromatic carbocycles. The Morgan fingerprint density at radius 1 is 0.944 bits per heavy atom. The van der Waals surface area contributed by atoms with Crippen LogP contribution in [0.5, 0.6) is 0 Å². The van der Waals surface area contributed by atoms with Crippen molar-refractivity contribution >= 4 is 11.6 Å². The molecular weight excluding hydrogens is 240 g/mol. The van der Waals surface area contributed by atoms with Crippen molar-refractivity contribution in [2.24, 2.45) is 5.92 Å². The minimum Gasteiger partial charge on any atom is -0.0840 e. The van der Waals surface area contributed by atoms with E-state index < -0.39 is 0 Å². The van der Waals surface area contributed by atoms with Crippen LogP contribution in [0.25, 0.3) is 0 Å². The average molecular weight is 259 g/mol. The number of aryl methyl sites for hydroxylation is 1. The zero-order chi connectivity index (χ0) is 12.8. The number of hydrogen-bond donors (Lipinski definition) is 0. The van der Waals surface area contributed by atoms with E-state index in [4.69, 9.17) is 11.6 Å². The van der Waals surface area contributed by atoms with Gasteiger partial charge in [0.05, 0.1) is 0 Å². The molecule has 1 unspecified atom stereocenters. The van der Waals surface area contributed by atoms with E-state index in [9.17, 15) is 0 Å². The molecule has 0 nitrogen and oxygen atoms in total. The largest absolute Gasteiger partial charge is 0.0840 e. The second-order valence-corrected chi connectivity index (χ2v) is 5.33. The molecule has 2 aromatic rings. The third-order valence-electron chi connectivity index (χ3n) is 3.29. The third-order valence-corrected chi connectivity index (χ3v) is 3.66. The van der Waals surface area contributed by atoms with Crippen molar-refractivity contribution in [3.8, 4) is 0 Å². The van der Waals surface area contributed by atoms with Crippen LogP contribution in [0.15, 0.2) is 54.6 Å². The summed E-state index contributed by atoms with van der Waals surface area (Å²) in [5, 5.41) is 0.893. The second kappa shape index (κ2) is 6.61. The first kappa shape index (κ1) is 13.2. The van der Waals surface area contributed by atoms with E-state index in [2.05, 4.69) is 49.4 Å². The van der Waals surface area contributed by atoms with Gasteiger partial charge in [0.15, 0.2) is 0 Å². The van der Waals surface area contributed by atoms with E-state index in [0.29, 0.717) is 5.92 Å². The van der Waals surface area contributed by atoms with Gasteiger partial charge in [0.25, 0.3) is 0 Å². The van der Waals surface area contributed by atoms with Gasteiger partial charge in [-0.3, -0.25) is 0 Å². The van der Waals surface area contributed by atoms with Gasteiger partial charge in [-0.2, -0.15) is 0 Å². The Balaban J connectivity index is 1.86. The first-order valence-electron chi connectivity index (χ1n) is 6.53. The molecule has 0 aliphatic heterocycles. The summed E-state index contributed by atoms with van der Waals surface area (Å²) in [6.45, 7) is 2.31. The highest BCUT2D eigenvalue weighted by Crippen LogP contribution is 2.20. The van der Waals surface area contributed by atoms with Crippen molar-refractivity contribution in [1.29, 1.82) is 0 Å². The topological polar surface area (TPSA) is 0 Å². The molecule has 2 rings (SSSR count). The number of benzene rings is 2. The van der Waals surface area contributed by atoms with Crippen LogP contribution >= 0.6 is 11.6 Å². The zero-order valence-corrected chi connectivity index (χ0v) is 11.5. The Morgan fingerprint density at radius 2 is 1.61 bits per heavy atom. The number of halogens is 1. The lowest BCUT2D eigenvalue weighted by molar-refractivity contribution is 0.530. The van der Waals surface area contributed by atoms with E-state index >= 15 is 0 Å². The minimum absolute atomic E-state index is 0.684. The van der Waals surface area contributed by atoms with Crippen LogP contribution < -0.4 is 0 Å². The molecule has 0 amide bonds. The molecular formula is C17H19Cl. The normalized spacial score (nSPS) is 12.3. The summed E-state index contributed by atoms with van der Waals surface area (Å²) in [4.78, 5) is 0. The molecule has 0 spiro atoms. The SMILES string of the molecule is CC(CCc1ccccc1Cl)Cc1ccccc1. The first-order chi connectivity index (χ1) is 8.75. The van der Waals surface area contributed by atoms with Crippen LogP contribution in [0.3, 0.4) is 0 Å². The Kier molecular flexibility index (Phi) is 4.83. The average Bonchev–Trinajstić information content (AvgIpc) is 2.39. The highest BCUT2D eigenvalue weighted by Gasteiger charge is 2.05. The van der Waals surface area contributed by atoms with E-state index in [1.807, 2.05) is 12.1 Å². The van der Waals surface area contributed by atoms with Crippen LogP contribution in [-0.4, -0.2) is 0 Å². The summed E-state index contributed by atoms with van der Waals surface area (Å²) in [7, 11) is 0. The Hall–Kier alpha value is -1.27. The molecule has 0 fully saturated rings. The molecule has 18 heavy (non-hydrogen) atoms. The predicted octanol–water partition coefficient (Wildman–Crippen LogP) is 5.15. The van der Waals surface area contributed by atoms with E-state index in [1.165, 1.54) is 17.5 Å². The zero-order valence-electron chi connectivity index (χ0n) is 10.8. The molecule has 0 N–H and O–H groups in total. The van der Waals surface area contributed by atoms with Crippen molar-refractivity contribution < 1.29 is 0 Å². The van der Waals surface area contributed by atoms with Gasteiger partial charge in [-0.05, 0) is 42.4 Å². The summed E-state index contributed by atoms with van der Waals surface area (Å²) < 4.78 is 0. The van der Waals surface area contributed by atoms with Crippen LogP contribution in [-0.2, 0) is 12.8 Å². The summed E-state index contributed by atoms with van der Waals surface area (Å²) in [5.74, 6) is 0.684. The van der Waals surface area contributed by atoms with Gasteiger partial charge in [0.1, 0.15) is 0 Å². The monoisotopic (exact) mass is 258 g/mol. The Morgan fingerprint density at radius 3 is 2.33 bits per heavy atom. The molecule has 0 aromatic heterocycles. The predicted molar refractivity (Wildman–Crippen MR) is 79.1 cm³/mol. The van der Waals surface area contributed by atoms with Gasteiger partial charge >= 0.3 is 0 Å². The lowest BCUT2D eigenvalue weighted by Crippen LogP contribution is -2.02. The van der Waals surface area contributed by atoms with Crippen LogP contribution in [0.1, 0.15) is 24.5 Å². The third kappa shape index (κ3) is 3.89. The van der Waals surface area contributed by atoms with E-state index in [-0.39, 0.29) is 0 Å². The van der Waals surface area contributed by atoms with Crippen molar-refractivity contribution in [3.63, 3.8) is 0 Å². The summed E-state index contributed by atoms with van der Waals surface area (Å²) in [6.07, 6.45) is 3.39. The molecule has 0 heterocycles. The maximum Gasteiger partial charge on any atom is 0.0437 e. The summed E-state index contributed by atoms with van der Waals surface area (Å²) in [6, 6.07) is 18.8. The molecule has 0 aliphatic rings.